The van der Waals surface area contributed by atoms with Crippen molar-refractivity contribution >= 4 is 17.8 Å². The van der Waals surface area contributed by atoms with Crippen LogP contribution in [-0.4, -0.2) is 47.0 Å². The molecule has 0 saturated heterocycles. The molecule has 2 amide bonds. The summed E-state index contributed by atoms with van der Waals surface area (Å²) in [6.07, 6.45) is 0. The van der Waals surface area contributed by atoms with E-state index in [0.29, 0.717) is 5.69 Å². The van der Waals surface area contributed by atoms with Gasteiger partial charge in [0.25, 0.3) is 5.91 Å². The van der Waals surface area contributed by atoms with Gasteiger partial charge < -0.3 is 9.47 Å². The van der Waals surface area contributed by atoms with E-state index in [2.05, 4.69) is 25.9 Å². The number of rotatable bonds is 5. The van der Waals surface area contributed by atoms with Crippen LogP contribution in [0, 0.1) is 0 Å². The Morgan fingerprint density at radius 2 is 1.95 bits per heavy atom. The van der Waals surface area contributed by atoms with Gasteiger partial charge in [0.2, 0.25) is 5.91 Å². The average molecular weight is 285 g/mol. The van der Waals surface area contributed by atoms with Crippen molar-refractivity contribution in [2.24, 2.45) is 0 Å². The van der Waals surface area contributed by atoms with E-state index in [4.69, 9.17) is 4.74 Å². The number of amides is 2. The molecular weight excluding hydrogens is 270 g/mol. The fourth-order valence-corrected chi connectivity index (χ4v) is 1.33. The summed E-state index contributed by atoms with van der Waals surface area (Å²) in [6, 6.07) is 0. The summed E-state index contributed by atoms with van der Waals surface area (Å²) in [6.45, 7) is 1.05. The number of methoxy groups -OCH3 is 2. The number of esters is 1. The summed E-state index contributed by atoms with van der Waals surface area (Å²) >= 11 is 0. The first-order valence-electron chi connectivity index (χ1n) is 5.54. The van der Waals surface area contributed by atoms with Gasteiger partial charge in [-0.3, -0.25) is 20.4 Å². The Bertz CT molecular complexity index is 512. The van der Waals surface area contributed by atoms with Gasteiger partial charge in [0, 0.05) is 14.0 Å². The van der Waals surface area contributed by atoms with E-state index in [9.17, 15) is 14.4 Å². The minimum absolute atomic E-state index is 0.0262. The highest BCUT2D eigenvalue weighted by molar-refractivity contribution is 5.88. The molecular formula is C10H15N5O5. The Labute approximate surface area is 114 Å². The zero-order valence-electron chi connectivity index (χ0n) is 11.3. The van der Waals surface area contributed by atoms with Crippen molar-refractivity contribution in [3.8, 4) is 0 Å². The van der Waals surface area contributed by atoms with Crippen molar-refractivity contribution in [1.29, 1.82) is 0 Å². The Balaban J connectivity index is 2.84. The third-order valence-electron chi connectivity index (χ3n) is 2.17. The molecule has 0 radical (unpaired) electrons. The smallest absolute Gasteiger partial charge is 0.360 e. The van der Waals surface area contributed by atoms with Gasteiger partial charge in [-0.25, -0.2) is 9.48 Å². The second kappa shape index (κ2) is 7.19. The van der Waals surface area contributed by atoms with Gasteiger partial charge in [-0.2, -0.15) is 0 Å². The third-order valence-corrected chi connectivity index (χ3v) is 2.17. The number of aromatic nitrogens is 3. The van der Waals surface area contributed by atoms with E-state index in [-0.39, 0.29) is 18.8 Å². The molecule has 110 valence electrons. The first kappa shape index (κ1) is 15.6. The lowest BCUT2D eigenvalue weighted by Crippen LogP contribution is -2.42. The molecule has 0 unspecified atom stereocenters. The van der Waals surface area contributed by atoms with Crippen LogP contribution in [0.25, 0.3) is 0 Å². The molecule has 1 aromatic rings. The number of hydrogen-bond donors (Lipinski definition) is 2. The first-order valence-corrected chi connectivity index (χ1v) is 5.54. The SMILES string of the molecule is COCc1c(C(=O)OC)nnn1CC(=O)NNC(C)=O. The minimum Gasteiger partial charge on any atom is -0.464 e. The molecule has 0 aliphatic rings. The molecule has 1 rings (SSSR count). The third kappa shape index (κ3) is 4.02. The van der Waals surface area contributed by atoms with E-state index < -0.39 is 17.8 Å². The van der Waals surface area contributed by atoms with Gasteiger partial charge in [-0.1, -0.05) is 5.21 Å². The van der Waals surface area contributed by atoms with Crippen LogP contribution >= 0.6 is 0 Å². The highest BCUT2D eigenvalue weighted by Crippen LogP contribution is 2.08. The van der Waals surface area contributed by atoms with Gasteiger partial charge in [-0.05, 0) is 0 Å². The number of nitrogens with one attached hydrogen (secondary N) is 2. The maximum absolute atomic E-state index is 11.6. The maximum Gasteiger partial charge on any atom is 0.360 e. The predicted molar refractivity (Wildman–Crippen MR) is 64.0 cm³/mol. The number of ether oxygens (including phenoxy) is 2. The van der Waals surface area contributed by atoms with Gasteiger partial charge in [0.05, 0.1) is 19.4 Å². The van der Waals surface area contributed by atoms with Crippen LogP contribution in [0.15, 0.2) is 0 Å². The van der Waals surface area contributed by atoms with Crippen molar-refractivity contribution in [2.45, 2.75) is 20.1 Å². The number of nitrogens with zero attached hydrogens (tertiary/aromatic N) is 3. The number of hydrogen-bond acceptors (Lipinski definition) is 7. The van der Waals surface area contributed by atoms with E-state index in [1.54, 1.807) is 0 Å². The molecule has 10 heteroatoms. The van der Waals surface area contributed by atoms with E-state index in [1.807, 2.05) is 0 Å². The minimum atomic E-state index is -0.675. The summed E-state index contributed by atoms with van der Waals surface area (Å²) in [5.74, 6) is -1.62. The van der Waals surface area contributed by atoms with Crippen LogP contribution in [0.1, 0.15) is 23.1 Å². The second-order valence-electron chi connectivity index (χ2n) is 3.70. The summed E-state index contributed by atoms with van der Waals surface area (Å²) in [7, 11) is 2.64. The van der Waals surface area contributed by atoms with E-state index in [0.717, 1.165) is 0 Å². The molecule has 2 N–H and O–H groups in total. The molecule has 0 spiro atoms. The lowest BCUT2D eigenvalue weighted by atomic mass is 10.3. The van der Waals surface area contributed by atoms with E-state index in [1.165, 1.54) is 25.8 Å². The van der Waals surface area contributed by atoms with Crippen LogP contribution in [0.5, 0.6) is 0 Å². The van der Waals surface area contributed by atoms with Crippen LogP contribution in [0.3, 0.4) is 0 Å². The highest BCUT2D eigenvalue weighted by atomic mass is 16.5. The van der Waals surface area contributed by atoms with Crippen LogP contribution < -0.4 is 10.9 Å². The van der Waals surface area contributed by atoms with Gasteiger partial charge in [-0.15, -0.1) is 5.10 Å². The molecule has 0 aliphatic heterocycles. The second-order valence-corrected chi connectivity index (χ2v) is 3.70. The van der Waals surface area contributed by atoms with Crippen molar-refractivity contribution in [3.05, 3.63) is 11.4 Å². The van der Waals surface area contributed by atoms with Crippen LogP contribution in [0.4, 0.5) is 0 Å². The van der Waals surface area contributed by atoms with Crippen molar-refractivity contribution in [3.63, 3.8) is 0 Å². The van der Waals surface area contributed by atoms with Crippen molar-refractivity contribution in [1.82, 2.24) is 25.8 Å². The molecule has 0 aliphatic carbocycles. The molecule has 20 heavy (non-hydrogen) atoms. The van der Waals surface area contributed by atoms with Crippen molar-refractivity contribution < 1.29 is 23.9 Å². The largest absolute Gasteiger partial charge is 0.464 e. The average Bonchev–Trinajstić information content (AvgIpc) is 2.79. The highest BCUT2D eigenvalue weighted by Gasteiger charge is 2.21. The van der Waals surface area contributed by atoms with E-state index >= 15 is 0 Å². The van der Waals surface area contributed by atoms with Crippen LogP contribution in [-0.2, 0) is 32.2 Å². The van der Waals surface area contributed by atoms with Crippen molar-refractivity contribution in [2.75, 3.05) is 14.2 Å². The zero-order chi connectivity index (χ0) is 15.1. The fourth-order valence-electron chi connectivity index (χ4n) is 1.33. The number of carbonyl (C=O) groups is 3. The van der Waals surface area contributed by atoms with Gasteiger partial charge >= 0.3 is 5.97 Å². The Kier molecular flexibility index (Phi) is 5.59. The molecule has 0 saturated carbocycles. The summed E-state index contributed by atoms with van der Waals surface area (Å²) < 4.78 is 10.7. The van der Waals surface area contributed by atoms with Gasteiger partial charge in [0.1, 0.15) is 6.54 Å². The Morgan fingerprint density at radius 1 is 1.25 bits per heavy atom. The maximum atomic E-state index is 11.6. The number of carbonyl (C=O) groups excluding carboxylic acids is 3. The lowest BCUT2D eigenvalue weighted by Gasteiger charge is -2.07. The Morgan fingerprint density at radius 3 is 2.50 bits per heavy atom. The molecule has 0 bridgehead atoms. The molecule has 0 atom stereocenters. The molecule has 0 aromatic carbocycles. The summed E-state index contributed by atoms with van der Waals surface area (Å²) in [5, 5.41) is 7.33. The van der Waals surface area contributed by atoms with Crippen LogP contribution in [0.2, 0.25) is 0 Å². The predicted octanol–water partition coefficient (Wildman–Crippen LogP) is -1.62. The topological polar surface area (TPSA) is 124 Å². The normalized spacial score (nSPS) is 9.95. The van der Waals surface area contributed by atoms with Gasteiger partial charge in [0.15, 0.2) is 5.69 Å². The standard InChI is InChI=1S/C10H15N5O5/c1-6(16)11-12-8(17)4-15-7(5-19-2)9(13-14-15)10(18)20-3/h4-5H2,1-3H3,(H,11,16)(H,12,17). The quantitative estimate of drug-likeness (QED) is 0.492. The molecule has 1 aromatic heterocycles. The summed E-state index contributed by atoms with van der Waals surface area (Å²) in [4.78, 5) is 33.7. The molecule has 1 heterocycles. The fraction of sp³-hybridized carbons (Fsp3) is 0.500. The Hall–Kier alpha value is -2.49. The lowest BCUT2D eigenvalue weighted by molar-refractivity contribution is -0.128. The zero-order valence-corrected chi connectivity index (χ0v) is 11.3. The molecule has 10 nitrogen and oxygen atoms in total. The monoisotopic (exact) mass is 285 g/mol. The first-order chi connectivity index (χ1) is 9.49. The summed E-state index contributed by atoms with van der Waals surface area (Å²) in [5.41, 5.74) is 4.58. The number of hydrazine groups is 1. The molecule has 0 fully saturated rings.